The van der Waals surface area contributed by atoms with E-state index in [2.05, 4.69) is 24.5 Å². The van der Waals surface area contributed by atoms with Crippen LogP contribution in [-0.2, 0) is 11.2 Å². The van der Waals surface area contributed by atoms with Crippen LogP contribution >= 0.6 is 0 Å². The van der Waals surface area contributed by atoms with E-state index in [0.717, 1.165) is 34.5 Å². The molecule has 2 rings (SSSR count). The van der Waals surface area contributed by atoms with Gasteiger partial charge in [0.1, 0.15) is 17.4 Å². The first kappa shape index (κ1) is 21.0. The zero-order chi connectivity index (χ0) is 20.5. The van der Waals surface area contributed by atoms with Gasteiger partial charge in [-0.3, -0.25) is 4.79 Å². The maximum absolute atomic E-state index is 12.5. The summed E-state index contributed by atoms with van der Waals surface area (Å²) in [6.45, 7) is 6.72. The molecule has 1 amide bonds. The van der Waals surface area contributed by atoms with Crippen LogP contribution in [0.1, 0.15) is 36.5 Å². The summed E-state index contributed by atoms with van der Waals surface area (Å²) in [5, 5.41) is 15.3. The number of ether oxygens (including phenoxy) is 1. The van der Waals surface area contributed by atoms with Crippen molar-refractivity contribution >= 4 is 11.6 Å². The molecule has 0 saturated carbocycles. The second kappa shape index (κ2) is 10.2. The van der Waals surface area contributed by atoms with Gasteiger partial charge in [0.15, 0.2) is 0 Å². The molecule has 0 aliphatic rings. The number of nitrogens with one attached hydrogen (secondary N) is 2. The van der Waals surface area contributed by atoms with Crippen LogP contribution in [0.15, 0.2) is 54.2 Å². The zero-order valence-corrected chi connectivity index (χ0v) is 16.9. The van der Waals surface area contributed by atoms with Gasteiger partial charge in [0.25, 0.3) is 5.91 Å². The highest BCUT2D eigenvalue weighted by molar-refractivity contribution is 6.07. The number of hydrogen-bond acceptors (Lipinski definition) is 4. The van der Waals surface area contributed by atoms with Gasteiger partial charge in [-0.2, -0.15) is 5.26 Å². The van der Waals surface area contributed by atoms with E-state index in [0.29, 0.717) is 6.54 Å². The van der Waals surface area contributed by atoms with E-state index >= 15 is 0 Å². The fraction of sp³-hybridized carbons (Fsp3) is 0.304. The van der Waals surface area contributed by atoms with Crippen molar-refractivity contribution < 1.29 is 9.53 Å². The predicted molar refractivity (Wildman–Crippen MR) is 112 cm³/mol. The number of anilines is 1. The first-order valence-corrected chi connectivity index (χ1v) is 9.33. The lowest BCUT2D eigenvalue weighted by Gasteiger charge is -2.16. The van der Waals surface area contributed by atoms with E-state index in [-0.39, 0.29) is 11.5 Å². The zero-order valence-electron chi connectivity index (χ0n) is 16.9. The monoisotopic (exact) mass is 377 g/mol. The van der Waals surface area contributed by atoms with Gasteiger partial charge < -0.3 is 15.4 Å². The molecule has 0 spiro atoms. The number of nitriles is 1. The van der Waals surface area contributed by atoms with Crippen molar-refractivity contribution in [3.05, 3.63) is 70.9 Å². The van der Waals surface area contributed by atoms with Crippen molar-refractivity contribution in [2.45, 2.75) is 33.1 Å². The highest BCUT2D eigenvalue weighted by Gasteiger charge is 2.15. The lowest BCUT2D eigenvalue weighted by Crippen LogP contribution is -2.19. The van der Waals surface area contributed by atoms with E-state index in [9.17, 15) is 10.1 Å². The molecule has 0 atom stereocenters. The second-order valence-electron chi connectivity index (χ2n) is 6.87. The Morgan fingerprint density at radius 2 is 1.93 bits per heavy atom. The van der Waals surface area contributed by atoms with E-state index in [1.54, 1.807) is 7.11 Å². The number of nitrogens with zero attached hydrogens (tertiary/aromatic N) is 1. The van der Waals surface area contributed by atoms with Crippen LogP contribution in [0.2, 0.25) is 0 Å². The Morgan fingerprint density at radius 3 is 2.54 bits per heavy atom. The molecule has 2 aromatic carbocycles. The first-order chi connectivity index (χ1) is 13.5. The molecule has 0 unspecified atom stereocenters. The first-order valence-electron chi connectivity index (χ1n) is 9.33. The van der Waals surface area contributed by atoms with Gasteiger partial charge >= 0.3 is 0 Å². The van der Waals surface area contributed by atoms with Crippen LogP contribution in [0.25, 0.3) is 0 Å². The van der Waals surface area contributed by atoms with Crippen molar-refractivity contribution in [3.8, 4) is 11.8 Å². The van der Waals surface area contributed by atoms with E-state index in [4.69, 9.17) is 4.74 Å². The quantitative estimate of drug-likeness (QED) is 0.408. The van der Waals surface area contributed by atoms with E-state index in [1.165, 1.54) is 6.20 Å². The third-order valence-corrected chi connectivity index (χ3v) is 4.49. The van der Waals surface area contributed by atoms with Crippen molar-refractivity contribution in [3.63, 3.8) is 0 Å². The molecule has 5 heteroatoms. The van der Waals surface area contributed by atoms with Crippen LogP contribution in [0.4, 0.5) is 5.69 Å². The second-order valence-corrected chi connectivity index (χ2v) is 6.87. The Hall–Kier alpha value is -3.26. The van der Waals surface area contributed by atoms with Crippen molar-refractivity contribution in [1.82, 2.24) is 5.32 Å². The largest absolute Gasteiger partial charge is 0.497 e. The Kier molecular flexibility index (Phi) is 7.65. The number of carbonyl (C=O) groups is 1. The Balaban J connectivity index is 1.98. The highest BCUT2D eigenvalue weighted by atomic mass is 16.5. The molecule has 0 bridgehead atoms. The molecule has 146 valence electrons. The summed E-state index contributed by atoms with van der Waals surface area (Å²) < 4.78 is 5.14. The molecule has 0 aliphatic heterocycles. The summed E-state index contributed by atoms with van der Waals surface area (Å²) in [4.78, 5) is 12.5. The SMILES string of the molecule is COc1ccc(CCN/C=C(/C#N)C(=O)Nc2c(C)cccc2C(C)C)cc1. The number of carbonyl (C=O) groups excluding carboxylic acids is 1. The molecule has 2 N–H and O–H groups in total. The van der Waals surface area contributed by atoms with Crippen LogP contribution in [0.5, 0.6) is 5.75 Å². The molecule has 0 aromatic heterocycles. The summed E-state index contributed by atoms with van der Waals surface area (Å²) in [5.41, 5.74) is 4.00. The average Bonchev–Trinajstić information content (AvgIpc) is 2.69. The third-order valence-electron chi connectivity index (χ3n) is 4.49. The summed E-state index contributed by atoms with van der Waals surface area (Å²) in [6.07, 6.45) is 2.25. The van der Waals surface area contributed by atoms with Crippen LogP contribution in [-0.4, -0.2) is 19.6 Å². The van der Waals surface area contributed by atoms with Gasteiger partial charge in [0.05, 0.1) is 7.11 Å². The number of rotatable bonds is 8. The van der Waals surface area contributed by atoms with Gasteiger partial charge in [-0.25, -0.2) is 0 Å². The fourth-order valence-electron chi connectivity index (χ4n) is 2.85. The summed E-state index contributed by atoms with van der Waals surface area (Å²) in [6, 6.07) is 15.7. The van der Waals surface area contributed by atoms with Gasteiger partial charge in [0.2, 0.25) is 0 Å². The molecule has 28 heavy (non-hydrogen) atoms. The summed E-state index contributed by atoms with van der Waals surface area (Å²) >= 11 is 0. The molecule has 0 aliphatic carbocycles. The minimum absolute atomic E-state index is 0.0488. The van der Waals surface area contributed by atoms with E-state index < -0.39 is 5.91 Å². The lowest BCUT2D eigenvalue weighted by molar-refractivity contribution is -0.112. The van der Waals surface area contributed by atoms with Gasteiger partial charge in [0, 0.05) is 18.4 Å². The Labute approximate surface area is 167 Å². The lowest BCUT2D eigenvalue weighted by atomic mass is 9.98. The molecular formula is C23H27N3O2. The minimum atomic E-state index is -0.407. The summed E-state index contributed by atoms with van der Waals surface area (Å²) in [7, 11) is 1.64. The van der Waals surface area contributed by atoms with Crippen LogP contribution < -0.4 is 15.4 Å². The molecule has 0 fully saturated rings. The number of methoxy groups -OCH3 is 1. The summed E-state index contributed by atoms with van der Waals surface area (Å²) in [5.74, 6) is 0.681. The topological polar surface area (TPSA) is 74.1 Å². The highest BCUT2D eigenvalue weighted by Crippen LogP contribution is 2.27. The molecule has 0 saturated heterocycles. The number of aryl methyl sites for hydroxylation is 1. The maximum Gasteiger partial charge on any atom is 0.267 e. The van der Waals surface area contributed by atoms with Gasteiger partial charge in [-0.15, -0.1) is 0 Å². The Bertz CT molecular complexity index is 878. The Morgan fingerprint density at radius 1 is 1.21 bits per heavy atom. The van der Waals surface area contributed by atoms with Crippen molar-refractivity contribution in [2.75, 3.05) is 19.0 Å². The van der Waals surface area contributed by atoms with Crippen molar-refractivity contribution in [1.29, 1.82) is 5.26 Å². The average molecular weight is 377 g/mol. The van der Waals surface area contributed by atoms with Crippen molar-refractivity contribution in [2.24, 2.45) is 0 Å². The minimum Gasteiger partial charge on any atom is -0.497 e. The molecule has 2 aromatic rings. The molecular weight excluding hydrogens is 350 g/mol. The molecule has 5 nitrogen and oxygen atoms in total. The number of hydrogen-bond donors (Lipinski definition) is 2. The van der Waals surface area contributed by atoms with Crippen LogP contribution in [0.3, 0.4) is 0 Å². The normalized spacial score (nSPS) is 11.1. The van der Waals surface area contributed by atoms with Gasteiger partial charge in [-0.1, -0.05) is 44.2 Å². The third kappa shape index (κ3) is 5.62. The standard InChI is InChI=1S/C23H27N3O2/c1-16(2)21-7-5-6-17(3)22(21)26-23(27)19(14-24)15-25-13-12-18-8-10-20(28-4)11-9-18/h5-11,15-16,25H,12-13H2,1-4H3,(H,26,27)/b19-15-. The molecule has 0 radical (unpaired) electrons. The van der Waals surface area contributed by atoms with Gasteiger partial charge in [-0.05, 0) is 48.1 Å². The predicted octanol–water partition coefficient (Wildman–Crippen LogP) is 4.31. The smallest absolute Gasteiger partial charge is 0.267 e. The fourth-order valence-corrected chi connectivity index (χ4v) is 2.85. The molecule has 0 heterocycles. The number of para-hydroxylation sites is 1. The van der Waals surface area contributed by atoms with Crippen LogP contribution in [0, 0.1) is 18.3 Å². The number of amides is 1. The maximum atomic E-state index is 12.5. The number of benzene rings is 2. The van der Waals surface area contributed by atoms with E-state index in [1.807, 2.05) is 55.5 Å².